The van der Waals surface area contributed by atoms with Gasteiger partial charge in [0.15, 0.2) is 0 Å². The van der Waals surface area contributed by atoms with Crippen LogP contribution in [0.4, 0.5) is 11.4 Å². The summed E-state index contributed by atoms with van der Waals surface area (Å²) in [5.74, 6) is 0.380. The van der Waals surface area contributed by atoms with E-state index in [1.807, 2.05) is 24.3 Å². The molecule has 2 aromatic rings. The molecule has 2 fully saturated rings. The summed E-state index contributed by atoms with van der Waals surface area (Å²) in [6.45, 7) is 2.96. The third kappa shape index (κ3) is 3.45. The fourth-order valence-corrected chi connectivity index (χ4v) is 4.14. The fourth-order valence-electron chi connectivity index (χ4n) is 3.89. The highest BCUT2D eigenvalue weighted by Gasteiger charge is 2.43. The number of para-hydroxylation sites is 1. The number of methoxy groups -OCH3 is 1. The van der Waals surface area contributed by atoms with E-state index in [0.29, 0.717) is 24.5 Å². The zero-order chi connectivity index (χ0) is 19.7. The highest BCUT2D eigenvalue weighted by molar-refractivity contribution is 6.33. The molecule has 0 saturated carbocycles. The summed E-state index contributed by atoms with van der Waals surface area (Å²) < 4.78 is 5.15. The summed E-state index contributed by atoms with van der Waals surface area (Å²) in [6.07, 6.45) is 0.219. The molecule has 2 saturated heterocycles. The summed E-state index contributed by atoms with van der Waals surface area (Å²) in [7, 11) is 1.58. The number of hydrogen-bond acceptors (Lipinski definition) is 5. The Morgan fingerprint density at radius 1 is 0.964 bits per heavy atom. The van der Waals surface area contributed by atoms with Crippen LogP contribution < -0.4 is 14.5 Å². The van der Waals surface area contributed by atoms with Gasteiger partial charge in [-0.05, 0) is 36.4 Å². The first kappa shape index (κ1) is 18.8. The van der Waals surface area contributed by atoms with Gasteiger partial charge in [0.25, 0.3) is 5.91 Å². The molecule has 0 bridgehead atoms. The summed E-state index contributed by atoms with van der Waals surface area (Å²) in [6, 6.07) is 14.4. The van der Waals surface area contributed by atoms with Crippen molar-refractivity contribution in [3.8, 4) is 5.75 Å². The van der Waals surface area contributed by atoms with Crippen molar-refractivity contribution in [2.75, 3.05) is 43.1 Å². The molecule has 2 heterocycles. The maximum absolute atomic E-state index is 13.0. The number of rotatable bonds is 4. The molecule has 2 aromatic carbocycles. The Morgan fingerprint density at radius 3 is 2.29 bits per heavy atom. The van der Waals surface area contributed by atoms with Gasteiger partial charge < -0.3 is 9.64 Å². The van der Waals surface area contributed by atoms with Crippen LogP contribution in [0.2, 0.25) is 5.02 Å². The van der Waals surface area contributed by atoms with Crippen LogP contribution in [0.5, 0.6) is 5.75 Å². The van der Waals surface area contributed by atoms with Crippen LogP contribution in [0.1, 0.15) is 6.42 Å². The average molecular weight is 400 g/mol. The molecule has 2 amide bonds. The Kier molecular flexibility index (Phi) is 5.24. The van der Waals surface area contributed by atoms with E-state index in [1.54, 1.807) is 31.4 Å². The van der Waals surface area contributed by atoms with E-state index in [4.69, 9.17) is 16.3 Å². The molecular formula is C21H22ClN3O3. The van der Waals surface area contributed by atoms with E-state index in [1.165, 1.54) is 4.90 Å². The number of halogens is 1. The zero-order valence-electron chi connectivity index (χ0n) is 15.7. The lowest BCUT2D eigenvalue weighted by atomic mass is 10.1. The van der Waals surface area contributed by atoms with E-state index >= 15 is 0 Å². The fraction of sp³-hybridized carbons (Fsp3) is 0.333. The van der Waals surface area contributed by atoms with Gasteiger partial charge in [0.1, 0.15) is 5.75 Å². The second-order valence-electron chi connectivity index (χ2n) is 6.96. The maximum Gasteiger partial charge on any atom is 0.251 e. The van der Waals surface area contributed by atoms with Crippen molar-refractivity contribution in [1.29, 1.82) is 0 Å². The number of carbonyl (C=O) groups excluding carboxylic acids is 2. The van der Waals surface area contributed by atoms with Crippen molar-refractivity contribution in [2.45, 2.75) is 12.5 Å². The Morgan fingerprint density at radius 2 is 1.64 bits per heavy atom. The monoisotopic (exact) mass is 399 g/mol. The minimum Gasteiger partial charge on any atom is -0.497 e. The van der Waals surface area contributed by atoms with Crippen molar-refractivity contribution in [3.63, 3.8) is 0 Å². The van der Waals surface area contributed by atoms with Crippen molar-refractivity contribution >= 4 is 34.8 Å². The zero-order valence-corrected chi connectivity index (χ0v) is 16.4. The molecule has 4 rings (SSSR count). The molecule has 146 valence electrons. The molecule has 0 aliphatic carbocycles. The van der Waals surface area contributed by atoms with Crippen LogP contribution in [0, 0.1) is 0 Å². The molecule has 1 atom stereocenters. The van der Waals surface area contributed by atoms with Crippen molar-refractivity contribution in [3.05, 3.63) is 53.6 Å². The number of benzene rings is 2. The largest absolute Gasteiger partial charge is 0.497 e. The number of imide groups is 1. The first-order chi connectivity index (χ1) is 13.6. The summed E-state index contributed by atoms with van der Waals surface area (Å²) in [5.41, 5.74) is 1.60. The molecule has 0 N–H and O–H groups in total. The van der Waals surface area contributed by atoms with Crippen molar-refractivity contribution in [2.24, 2.45) is 0 Å². The van der Waals surface area contributed by atoms with Gasteiger partial charge in [-0.3, -0.25) is 14.5 Å². The van der Waals surface area contributed by atoms with Gasteiger partial charge in [-0.25, -0.2) is 4.90 Å². The van der Waals surface area contributed by atoms with E-state index in [0.717, 1.165) is 23.8 Å². The predicted molar refractivity (Wildman–Crippen MR) is 109 cm³/mol. The van der Waals surface area contributed by atoms with Crippen LogP contribution in [-0.4, -0.2) is 56.0 Å². The van der Waals surface area contributed by atoms with Gasteiger partial charge in [0.2, 0.25) is 5.91 Å². The van der Waals surface area contributed by atoms with E-state index in [2.05, 4.69) is 9.80 Å². The van der Waals surface area contributed by atoms with Gasteiger partial charge >= 0.3 is 0 Å². The predicted octanol–water partition coefficient (Wildman–Crippen LogP) is 2.80. The van der Waals surface area contributed by atoms with Crippen molar-refractivity contribution in [1.82, 2.24) is 4.90 Å². The quantitative estimate of drug-likeness (QED) is 0.740. The molecule has 0 radical (unpaired) electrons. The standard InChI is InChI=1S/C21H22ClN3O3/c1-28-16-8-6-15(7-9-16)25-20(26)14-19(21(25)27)24-12-10-23(11-13-24)18-5-3-2-4-17(18)22/h2-9,19H,10-14H2,1H3/t19-/m0/s1. The summed E-state index contributed by atoms with van der Waals surface area (Å²) in [4.78, 5) is 31.1. The molecule has 7 heteroatoms. The normalized spacial score (nSPS) is 20.7. The third-order valence-corrected chi connectivity index (χ3v) is 5.72. The number of piperazine rings is 1. The average Bonchev–Trinajstić information content (AvgIpc) is 3.03. The molecule has 0 spiro atoms. The Labute approximate surface area is 169 Å². The highest BCUT2D eigenvalue weighted by atomic mass is 35.5. The van der Waals surface area contributed by atoms with Gasteiger partial charge in [-0.1, -0.05) is 23.7 Å². The van der Waals surface area contributed by atoms with Crippen LogP contribution >= 0.6 is 11.6 Å². The van der Waals surface area contributed by atoms with Gasteiger partial charge in [0, 0.05) is 26.2 Å². The molecule has 0 unspecified atom stereocenters. The number of ether oxygens (including phenoxy) is 1. The number of hydrogen-bond donors (Lipinski definition) is 0. The molecular weight excluding hydrogens is 378 g/mol. The highest BCUT2D eigenvalue weighted by Crippen LogP contribution is 2.30. The van der Waals surface area contributed by atoms with Crippen LogP contribution in [0.3, 0.4) is 0 Å². The lowest BCUT2D eigenvalue weighted by Gasteiger charge is -2.38. The Balaban J connectivity index is 1.44. The smallest absolute Gasteiger partial charge is 0.251 e. The van der Waals surface area contributed by atoms with E-state index < -0.39 is 6.04 Å². The number of carbonyl (C=O) groups is 2. The summed E-state index contributed by atoms with van der Waals surface area (Å²) >= 11 is 6.30. The molecule has 2 aliphatic rings. The second-order valence-corrected chi connectivity index (χ2v) is 7.37. The molecule has 0 aromatic heterocycles. The van der Waals surface area contributed by atoms with Crippen LogP contribution in [0.25, 0.3) is 0 Å². The van der Waals surface area contributed by atoms with E-state index in [-0.39, 0.29) is 18.2 Å². The summed E-state index contributed by atoms with van der Waals surface area (Å²) in [5, 5.41) is 0.730. The minimum absolute atomic E-state index is 0.152. The lowest BCUT2D eigenvalue weighted by molar-refractivity contribution is -0.123. The number of anilines is 2. The van der Waals surface area contributed by atoms with Gasteiger partial charge in [-0.15, -0.1) is 0 Å². The number of nitrogens with zero attached hydrogens (tertiary/aromatic N) is 3. The van der Waals surface area contributed by atoms with E-state index in [9.17, 15) is 9.59 Å². The Bertz CT molecular complexity index is 879. The lowest BCUT2D eigenvalue weighted by Crippen LogP contribution is -2.52. The van der Waals surface area contributed by atoms with Gasteiger partial charge in [0.05, 0.1) is 36.0 Å². The SMILES string of the molecule is COc1ccc(N2C(=O)C[C@H](N3CCN(c4ccccc4Cl)CC3)C2=O)cc1. The first-order valence-corrected chi connectivity index (χ1v) is 9.70. The number of amides is 2. The van der Waals surface area contributed by atoms with Crippen LogP contribution in [0.15, 0.2) is 48.5 Å². The molecule has 28 heavy (non-hydrogen) atoms. The first-order valence-electron chi connectivity index (χ1n) is 9.33. The molecule has 2 aliphatic heterocycles. The topological polar surface area (TPSA) is 53.1 Å². The maximum atomic E-state index is 13.0. The van der Waals surface area contributed by atoms with Gasteiger partial charge in [-0.2, -0.15) is 0 Å². The minimum atomic E-state index is -0.400. The Hall–Kier alpha value is -2.57. The third-order valence-electron chi connectivity index (χ3n) is 5.40. The van der Waals surface area contributed by atoms with Crippen LogP contribution in [-0.2, 0) is 9.59 Å². The van der Waals surface area contributed by atoms with Crippen molar-refractivity contribution < 1.29 is 14.3 Å². The second kappa shape index (κ2) is 7.81. The molecule has 6 nitrogen and oxygen atoms in total.